The van der Waals surface area contributed by atoms with E-state index in [9.17, 15) is 14.7 Å². The van der Waals surface area contributed by atoms with Gasteiger partial charge in [0.05, 0.1) is 6.04 Å². The number of nitrogens with one attached hydrogen (secondary N) is 1. The van der Waals surface area contributed by atoms with Crippen molar-refractivity contribution in [3.05, 3.63) is 82.8 Å². The van der Waals surface area contributed by atoms with E-state index >= 15 is 0 Å². The van der Waals surface area contributed by atoms with Crippen molar-refractivity contribution in [1.82, 2.24) is 9.88 Å². The Morgan fingerprint density at radius 3 is 2.52 bits per heavy atom. The zero-order valence-corrected chi connectivity index (χ0v) is 14.8. The van der Waals surface area contributed by atoms with Crippen LogP contribution in [0.5, 0.6) is 0 Å². The Labute approximate surface area is 155 Å². The molecule has 2 aliphatic heterocycles. The Morgan fingerprint density at radius 2 is 1.78 bits per heavy atom. The molecule has 2 N–H and O–H groups in total. The summed E-state index contributed by atoms with van der Waals surface area (Å²) in [6.45, 7) is 1.40. The second kappa shape index (κ2) is 5.58. The van der Waals surface area contributed by atoms with Crippen molar-refractivity contribution in [3.8, 4) is 0 Å². The molecular formula is C22H18N2O3. The Kier molecular flexibility index (Phi) is 3.28. The maximum Gasteiger partial charge on any atom is 0.262 e. The number of aliphatic hydroxyl groups excluding tert-OH is 1. The quantitative estimate of drug-likeness (QED) is 0.398. The molecule has 134 valence electrons. The minimum atomic E-state index is -0.591. The molecule has 1 amide bonds. The molecule has 1 aromatic heterocycles. The number of ketones is 1. The molecule has 2 atom stereocenters. The molecular weight excluding hydrogens is 340 g/mol. The third-order valence-electron chi connectivity index (χ3n) is 5.61. The van der Waals surface area contributed by atoms with E-state index in [2.05, 4.69) is 4.98 Å². The summed E-state index contributed by atoms with van der Waals surface area (Å²) < 4.78 is 0. The molecule has 1 fully saturated rings. The average molecular weight is 358 g/mol. The zero-order chi connectivity index (χ0) is 18.7. The number of Topliss-reactive ketones (excluding diaryl/α,β-unsaturated/α-hetero) is 1. The summed E-state index contributed by atoms with van der Waals surface area (Å²) in [5.41, 5.74) is 3.86. The summed E-state index contributed by atoms with van der Waals surface area (Å²) in [4.78, 5) is 31.1. The van der Waals surface area contributed by atoms with E-state index in [0.717, 1.165) is 27.7 Å². The lowest BCUT2D eigenvalue weighted by molar-refractivity contribution is -0.129. The topological polar surface area (TPSA) is 73.4 Å². The van der Waals surface area contributed by atoms with Crippen LogP contribution in [0.25, 0.3) is 10.9 Å². The van der Waals surface area contributed by atoms with Crippen LogP contribution in [0.4, 0.5) is 0 Å². The highest BCUT2D eigenvalue weighted by atomic mass is 16.3. The molecule has 0 aliphatic carbocycles. The fourth-order valence-corrected chi connectivity index (χ4v) is 4.46. The van der Waals surface area contributed by atoms with Crippen LogP contribution in [0.15, 0.2) is 65.9 Å². The number of hydrogen-bond acceptors (Lipinski definition) is 3. The van der Waals surface area contributed by atoms with Crippen LogP contribution >= 0.6 is 0 Å². The number of nitrogens with zero attached hydrogens (tertiary/aromatic N) is 1. The normalized spacial score (nSPS) is 23.5. The number of carbonyl (C=O) groups excluding carboxylic acids is 2. The molecule has 3 aromatic rings. The fraction of sp³-hybridized carbons (Fsp3) is 0.182. The van der Waals surface area contributed by atoms with Crippen molar-refractivity contribution in [3.63, 3.8) is 0 Å². The number of allylic oxidation sites excluding steroid dienone is 1. The number of H-pyrrole nitrogens is 1. The van der Waals surface area contributed by atoms with Gasteiger partial charge < -0.3 is 15.0 Å². The highest BCUT2D eigenvalue weighted by Gasteiger charge is 2.51. The van der Waals surface area contributed by atoms with Gasteiger partial charge in [0, 0.05) is 23.0 Å². The number of hydrogen-bond donors (Lipinski definition) is 2. The van der Waals surface area contributed by atoms with Crippen molar-refractivity contribution in [2.75, 3.05) is 0 Å². The summed E-state index contributed by atoms with van der Waals surface area (Å²) in [7, 11) is 0. The van der Waals surface area contributed by atoms with Gasteiger partial charge in [0.1, 0.15) is 17.4 Å². The summed E-state index contributed by atoms with van der Waals surface area (Å²) >= 11 is 0. The van der Waals surface area contributed by atoms with Gasteiger partial charge in [0.25, 0.3) is 5.91 Å². The lowest BCUT2D eigenvalue weighted by atomic mass is 9.88. The SMILES string of the molecule is C/C(O)=C1\C(=O)[C@@H]2Cc3c([nH]c4ccccc34)[C@@H](c3ccccc3)N2C1=O. The van der Waals surface area contributed by atoms with E-state index in [0.29, 0.717) is 6.42 Å². The van der Waals surface area contributed by atoms with Crippen LogP contribution in [-0.2, 0) is 16.0 Å². The molecule has 5 heteroatoms. The first kappa shape index (κ1) is 15.9. The Bertz CT molecular complexity index is 1120. The molecule has 0 unspecified atom stereocenters. The van der Waals surface area contributed by atoms with E-state index in [1.54, 1.807) is 4.90 Å². The maximum atomic E-state index is 13.1. The summed E-state index contributed by atoms with van der Waals surface area (Å²) in [5, 5.41) is 11.0. The van der Waals surface area contributed by atoms with Crippen LogP contribution < -0.4 is 0 Å². The number of rotatable bonds is 1. The van der Waals surface area contributed by atoms with Crippen molar-refractivity contribution >= 4 is 22.6 Å². The molecule has 27 heavy (non-hydrogen) atoms. The molecule has 5 rings (SSSR count). The zero-order valence-electron chi connectivity index (χ0n) is 14.8. The predicted octanol–water partition coefficient (Wildman–Crippen LogP) is 3.43. The van der Waals surface area contributed by atoms with Gasteiger partial charge in [-0.05, 0) is 24.1 Å². The van der Waals surface area contributed by atoms with E-state index in [-0.39, 0.29) is 23.2 Å². The van der Waals surface area contributed by atoms with Gasteiger partial charge in [-0.25, -0.2) is 0 Å². The molecule has 1 saturated heterocycles. The van der Waals surface area contributed by atoms with Crippen LogP contribution in [0.1, 0.15) is 29.8 Å². The number of aliphatic hydroxyl groups is 1. The molecule has 0 radical (unpaired) electrons. The number of carbonyl (C=O) groups is 2. The van der Waals surface area contributed by atoms with Gasteiger partial charge in [0.2, 0.25) is 0 Å². The van der Waals surface area contributed by atoms with Gasteiger partial charge >= 0.3 is 0 Å². The monoisotopic (exact) mass is 358 g/mol. The number of benzene rings is 2. The van der Waals surface area contributed by atoms with Gasteiger partial charge in [-0.3, -0.25) is 9.59 Å². The molecule has 0 saturated carbocycles. The molecule has 3 heterocycles. The van der Waals surface area contributed by atoms with Gasteiger partial charge in [-0.1, -0.05) is 48.5 Å². The van der Waals surface area contributed by atoms with E-state index < -0.39 is 11.9 Å². The summed E-state index contributed by atoms with van der Waals surface area (Å²) in [6, 6.07) is 16.7. The molecule has 2 aromatic carbocycles. The number of amides is 1. The number of para-hydroxylation sites is 1. The van der Waals surface area contributed by atoms with Crippen molar-refractivity contribution < 1.29 is 14.7 Å². The van der Waals surface area contributed by atoms with Crippen molar-refractivity contribution in [1.29, 1.82) is 0 Å². The van der Waals surface area contributed by atoms with Crippen molar-refractivity contribution in [2.45, 2.75) is 25.4 Å². The Morgan fingerprint density at radius 1 is 1.07 bits per heavy atom. The number of aromatic amines is 1. The van der Waals surface area contributed by atoms with E-state index in [1.165, 1.54) is 6.92 Å². The number of aromatic nitrogens is 1. The third-order valence-corrected chi connectivity index (χ3v) is 5.61. The van der Waals surface area contributed by atoms with Crippen LogP contribution in [0.3, 0.4) is 0 Å². The van der Waals surface area contributed by atoms with Crippen LogP contribution in [0.2, 0.25) is 0 Å². The molecule has 2 aliphatic rings. The number of fused-ring (bicyclic) bond motifs is 4. The first-order valence-corrected chi connectivity index (χ1v) is 8.99. The summed E-state index contributed by atoms with van der Waals surface area (Å²) in [6.07, 6.45) is 0.448. The van der Waals surface area contributed by atoms with Crippen molar-refractivity contribution in [2.24, 2.45) is 0 Å². The minimum absolute atomic E-state index is 0.0876. The first-order valence-electron chi connectivity index (χ1n) is 8.99. The van der Waals surface area contributed by atoms with Gasteiger partial charge in [0.15, 0.2) is 5.78 Å². The maximum absolute atomic E-state index is 13.1. The average Bonchev–Trinajstić information content (AvgIpc) is 3.16. The van der Waals surface area contributed by atoms with Gasteiger partial charge in [-0.2, -0.15) is 0 Å². The van der Waals surface area contributed by atoms with Crippen LogP contribution in [-0.4, -0.2) is 32.7 Å². The lowest BCUT2D eigenvalue weighted by Crippen LogP contribution is -2.44. The largest absolute Gasteiger partial charge is 0.512 e. The lowest BCUT2D eigenvalue weighted by Gasteiger charge is -2.37. The fourth-order valence-electron chi connectivity index (χ4n) is 4.46. The second-order valence-electron chi connectivity index (χ2n) is 7.13. The molecule has 0 bridgehead atoms. The highest BCUT2D eigenvalue weighted by Crippen LogP contribution is 2.44. The van der Waals surface area contributed by atoms with E-state index in [4.69, 9.17) is 0 Å². The standard InChI is InChI=1S/C22H18N2O3/c1-12(25)18-21(26)17-11-15-14-9-5-6-10-16(14)23-19(15)20(24(17)22(18)27)13-7-3-2-4-8-13/h2-10,17,20,23,25H,11H2,1H3/b18-12-/t17-,20+/m0/s1. The smallest absolute Gasteiger partial charge is 0.262 e. The Balaban J connectivity index is 1.79. The predicted molar refractivity (Wildman–Crippen MR) is 101 cm³/mol. The molecule has 5 nitrogen and oxygen atoms in total. The molecule has 0 spiro atoms. The summed E-state index contributed by atoms with van der Waals surface area (Å²) in [5.74, 6) is -0.903. The second-order valence-corrected chi connectivity index (χ2v) is 7.13. The third kappa shape index (κ3) is 2.11. The Hall–Kier alpha value is -3.34. The van der Waals surface area contributed by atoms with E-state index in [1.807, 2.05) is 54.6 Å². The first-order chi connectivity index (χ1) is 13.1. The highest BCUT2D eigenvalue weighted by molar-refractivity contribution is 6.27. The minimum Gasteiger partial charge on any atom is -0.512 e. The van der Waals surface area contributed by atoms with Crippen LogP contribution in [0, 0.1) is 0 Å². The van der Waals surface area contributed by atoms with Gasteiger partial charge in [-0.15, -0.1) is 0 Å².